The van der Waals surface area contributed by atoms with E-state index in [9.17, 15) is 4.79 Å². The first kappa shape index (κ1) is 20.5. The molecule has 0 aliphatic carbocycles. The van der Waals surface area contributed by atoms with E-state index in [0.29, 0.717) is 30.2 Å². The topological polar surface area (TPSA) is 76.8 Å². The van der Waals surface area contributed by atoms with Crippen molar-refractivity contribution in [3.8, 4) is 11.5 Å². The van der Waals surface area contributed by atoms with Crippen molar-refractivity contribution >= 4 is 5.91 Å². The van der Waals surface area contributed by atoms with Crippen LogP contribution in [0, 0.1) is 0 Å². The number of ether oxygens (including phenoxy) is 2. The van der Waals surface area contributed by atoms with Crippen LogP contribution in [0.15, 0.2) is 18.2 Å². The Bertz CT molecular complexity index is 582. The second-order valence-electron chi connectivity index (χ2n) is 7.53. The summed E-state index contributed by atoms with van der Waals surface area (Å²) in [4.78, 5) is 15.2. The van der Waals surface area contributed by atoms with Crippen LogP contribution in [0.25, 0.3) is 0 Å². The number of methoxy groups -OCH3 is 1. The minimum absolute atomic E-state index is 0.103. The highest BCUT2D eigenvalue weighted by atomic mass is 16.5. The predicted molar refractivity (Wildman–Crippen MR) is 104 cm³/mol. The van der Waals surface area contributed by atoms with Crippen LogP contribution in [0.1, 0.15) is 49.9 Å². The third-order valence-electron chi connectivity index (χ3n) is 4.57. The lowest BCUT2D eigenvalue weighted by atomic mass is 10.0. The fraction of sp³-hybridized carbons (Fsp3) is 0.650. The molecule has 1 saturated heterocycles. The molecule has 0 aromatic heterocycles. The molecule has 1 amide bonds. The zero-order chi connectivity index (χ0) is 19.0. The number of amides is 1. The van der Waals surface area contributed by atoms with Crippen molar-refractivity contribution in [2.75, 3.05) is 39.9 Å². The average Bonchev–Trinajstić information content (AvgIpc) is 2.87. The normalized spacial score (nSPS) is 16.0. The molecule has 1 aromatic rings. The van der Waals surface area contributed by atoms with Gasteiger partial charge in [0.25, 0.3) is 5.91 Å². The molecule has 6 nitrogen and oxygen atoms in total. The summed E-state index contributed by atoms with van der Waals surface area (Å²) in [5.74, 6) is 1.03. The van der Waals surface area contributed by atoms with Crippen LogP contribution in [0.5, 0.6) is 11.5 Å². The number of nitrogens with zero attached hydrogens (tertiary/aromatic N) is 1. The molecule has 146 valence electrons. The number of nitrogens with one attached hydrogen (secondary N) is 1. The maximum atomic E-state index is 12.7. The van der Waals surface area contributed by atoms with Crippen LogP contribution in [0.3, 0.4) is 0 Å². The van der Waals surface area contributed by atoms with Crippen LogP contribution in [0.2, 0.25) is 0 Å². The van der Waals surface area contributed by atoms with E-state index in [1.54, 1.807) is 25.3 Å². The highest BCUT2D eigenvalue weighted by molar-refractivity contribution is 5.95. The van der Waals surface area contributed by atoms with E-state index in [2.05, 4.69) is 24.1 Å². The highest BCUT2D eigenvalue weighted by Gasteiger charge is 2.25. The molecule has 2 rings (SSSR count). The molecule has 0 saturated carbocycles. The van der Waals surface area contributed by atoms with Crippen molar-refractivity contribution in [1.29, 1.82) is 0 Å². The average molecular weight is 364 g/mol. The number of benzene rings is 1. The third kappa shape index (κ3) is 6.18. The van der Waals surface area contributed by atoms with E-state index >= 15 is 0 Å². The molecule has 1 fully saturated rings. The van der Waals surface area contributed by atoms with Crippen molar-refractivity contribution < 1.29 is 14.3 Å². The second kappa shape index (κ2) is 9.78. The zero-order valence-corrected chi connectivity index (χ0v) is 16.3. The summed E-state index contributed by atoms with van der Waals surface area (Å²) >= 11 is 0. The van der Waals surface area contributed by atoms with Crippen LogP contribution in [-0.2, 0) is 0 Å². The Morgan fingerprint density at radius 2 is 1.88 bits per heavy atom. The Balaban J connectivity index is 2.00. The largest absolute Gasteiger partial charge is 0.493 e. The number of hydrogen-bond acceptors (Lipinski definition) is 5. The zero-order valence-electron chi connectivity index (χ0n) is 16.3. The first-order valence-corrected chi connectivity index (χ1v) is 9.51. The lowest BCUT2D eigenvalue weighted by Gasteiger charge is -2.33. The van der Waals surface area contributed by atoms with Crippen LogP contribution in [-0.4, -0.2) is 56.2 Å². The number of carbonyl (C=O) groups excluding carboxylic acids is 1. The van der Waals surface area contributed by atoms with Crippen molar-refractivity contribution in [2.45, 2.75) is 45.1 Å². The summed E-state index contributed by atoms with van der Waals surface area (Å²) in [6.07, 6.45) is 5.10. The van der Waals surface area contributed by atoms with Gasteiger partial charge in [-0.15, -0.1) is 0 Å². The van der Waals surface area contributed by atoms with Crippen molar-refractivity contribution in [1.82, 2.24) is 10.2 Å². The van der Waals surface area contributed by atoms with Gasteiger partial charge in [-0.1, -0.05) is 12.8 Å². The van der Waals surface area contributed by atoms with E-state index in [0.717, 1.165) is 19.6 Å². The summed E-state index contributed by atoms with van der Waals surface area (Å²) in [6.45, 7) is 8.06. The lowest BCUT2D eigenvalue weighted by Crippen LogP contribution is -2.51. The standard InChI is InChI=1S/C20H33N3O3/c1-20(2,15-23-11-6-4-5-7-12-23)22-19(24)16-8-9-17(26-13-10-21)18(14-16)25-3/h8-9,14H,4-7,10-13,15,21H2,1-3H3,(H,22,24). The fourth-order valence-electron chi connectivity index (χ4n) is 3.37. The molecule has 0 spiro atoms. The fourth-order valence-corrected chi connectivity index (χ4v) is 3.37. The van der Waals surface area contributed by atoms with Gasteiger partial charge in [0, 0.05) is 24.2 Å². The quantitative estimate of drug-likeness (QED) is 0.742. The molecule has 1 heterocycles. The van der Waals surface area contributed by atoms with Crippen LogP contribution >= 0.6 is 0 Å². The Hall–Kier alpha value is -1.79. The first-order chi connectivity index (χ1) is 12.4. The molecule has 1 aliphatic heterocycles. The van der Waals surface area contributed by atoms with Gasteiger partial charge in [0.05, 0.1) is 7.11 Å². The highest BCUT2D eigenvalue weighted by Crippen LogP contribution is 2.28. The van der Waals surface area contributed by atoms with Gasteiger partial charge in [0.1, 0.15) is 6.61 Å². The lowest BCUT2D eigenvalue weighted by molar-refractivity contribution is 0.0887. The molecule has 26 heavy (non-hydrogen) atoms. The van der Waals surface area contributed by atoms with Gasteiger partial charge in [-0.3, -0.25) is 4.79 Å². The maximum Gasteiger partial charge on any atom is 0.251 e. The van der Waals surface area contributed by atoms with Crippen LogP contribution < -0.4 is 20.5 Å². The van der Waals surface area contributed by atoms with E-state index in [1.165, 1.54) is 25.7 Å². The van der Waals surface area contributed by atoms with Crippen molar-refractivity contribution in [3.05, 3.63) is 23.8 Å². The molecule has 0 unspecified atom stereocenters. The van der Waals surface area contributed by atoms with Gasteiger partial charge in [-0.05, 0) is 58.0 Å². The van der Waals surface area contributed by atoms with Gasteiger partial charge in [0.2, 0.25) is 0 Å². The Morgan fingerprint density at radius 3 is 2.50 bits per heavy atom. The molecular formula is C20H33N3O3. The molecule has 0 bridgehead atoms. The minimum Gasteiger partial charge on any atom is -0.493 e. The summed E-state index contributed by atoms with van der Waals surface area (Å²) in [5.41, 5.74) is 5.73. The van der Waals surface area contributed by atoms with E-state index in [4.69, 9.17) is 15.2 Å². The molecule has 0 atom stereocenters. The maximum absolute atomic E-state index is 12.7. The Morgan fingerprint density at radius 1 is 1.19 bits per heavy atom. The Kier molecular flexibility index (Phi) is 7.72. The molecule has 3 N–H and O–H groups in total. The SMILES string of the molecule is COc1cc(C(=O)NC(C)(C)CN2CCCCCC2)ccc1OCCN. The molecule has 0 radical (unpaired) electrons. The number of carbonyl (C=O) groups is 1. The van der Waals surface area contributed by atoms with Gasteiger partial charge in [-0.25, -0.2) is 0 Å². The van der Waals surface area contributed by atoms with Gasteiger partial charge >= 0.3 is 0 Å². The summed E-state index contributed by atoms with van der Waals surface area (Å²) < 4.78 is 10.9. The van der Waals surface area contributed by atoms with Gasteiger partial charge in [-0.2, -0.15) is 0 Å². The third-order valence-corrected chi connectivity index (χ3v) is 4.57. The van der Waals surface area contributed by atoms with Crippen molar-refractivity contribution in [3.63, 3.8) is 0 Å². The van der Waals surface area contributed by atoms with Gasteiger partial charge < -0.3 is 25.4 Å². The predicted octanol–water partition coefficient (Wildman–Crippen LogP) is 2.42. The number of hydrogen-bond donors (Lipinski definition) is 2. The summed E-state index contributed by atoms with van der Waals surface area (Å²) in [6, 6.07) is 5.22. The Labute approximate surface area is 157 Å². The first-order valence-electron chi connectivity index (χ1n) is 9.51. The molecule has 6 heteroatoms. The van der Waals surface area contributed by atoms with Crippen LogP contribution in [0.4, 0.5) is 0 Å². The van der Waals surface area contributed by atoms with E-state index < -0.39 is 0 Å². The van der Waals surface area contributed by atoms with E-state index in [-0.39, 0.29) is 11.4 Å². The second-order valence-corrected chi connectivity index (χ2v) is 7.53. The molecule has 1 aliphatic rings. The van der Waals surface area contributed by atoms with E-state index in [1.807, 2.05) is 0 Å². The molecular weight excluding hydrogens is 330 g/mol. The smallest absolute Gasteiger partial charge is 0.251 e. The number of nitrogens with two attached hydrogens (primary N) is 1. The number of rotatable bonds is 8. The van der Waals surface area contributed by atoms with Gasteiger partial charge in [0.15, 0.2) is 11.5 Å². The minimum atomic E-state index is -0.302. The summed E-state index contributed by atoms with van der Waals surface area (Å²) in [5, 5.41) is 3.16. The monoisotopic (exact) mass is 363 g/mol. The van der Waals surface area contributed by atoms with Crippen molar-refractivity contribution in [2.24, 2.45) is 5.73 Å². The molecule has 1 aromatic carbocycles. The number of likely N-dealkylation sites (tertiary alicyclic amines) is 1. The summed E-state index contributed by atoms with van der Waals surface area (Å²) in [7, 11) is 1.57.